The molecule has 0 aliphatic heterocycles. The number of halogens is 1. The van der Waals surface area contributed by atoms with Crippen LogP contribution in [0.1, 0.15) is 6.92 Å². The summed E-state index contributed by atoms with van der Waals surface area (Å²) in [7, 11) is 0. The summed E-state index contributed by atoms with van der Waals surface area (Å²) in [6.07, 6.45) is 4.07. The minimum atomic E-state index is 0. The molecule has 2 nitrogen and oxygen atoms in total. The Bertz CT molecular complexity index is 460. The third-order valence-corrected chi connectivity index (χ3v) is 2.45. The number of hydrogen-bond acceptors (Lipinski definition) is 0. The number of aryl methyl sites for hydroxylation is 1. The second-order valence-electron chi connectivity index (χ2n) is 3.33. The molecule has 3 heteroatoms. The number of aromatic nitrogens is 2. The van der Waals surface area contributed by atoms with E-state index >= 15 is 0 Å². The van der Waals surface area contributed by atoms with Gasteiger partial charge < -0.3 is 17.0 Å². The molecule has 0 amide bonds. The average Bonchev–Trinajstić information content (AvgIpc) is 2.58. The molecule has 0 aliphatic rings. The normalized spacial score (nSPS) is 9.93. The monoisotopic (exact) mass is 266 g/mol. The van der Waals surface area contributed by atoms with E-state index < -0.39 is 0 Å². The zero-order valence-corrected chi connectivity index (χ0v) is 10.4. The Morgan fingerprint density at radius 2 is 2.13 bits per heavy atom. The number of imidazole rings is 1. The number of benzene rings is 1. The van der Waals surface area contributed by atoms with Crippen LogP contribution in [0.15, 0.2) is 43.2 Å². The highest BCUT2D eigenvalue weighted by molar-refractivity contribution is 5.71. The molecular formula is C12H15BrN2. The average molecular weight is 267 g/mol. The van der Waals surface area contributed by atoms with E-state index in [1.54, 1.807) is 0 Å². The topological polar surface area (TPSA) is 8.81 Å². The highest BCUT2D eigenvalue weighted by Gasteiger charge is 2.11. The predicted octanol–water partition coefficient (Wildman–Crippen LogP) is -0.861. The highest BCUT2D eigenvalue weighted by atomic mass is 79.9. The number of rotatable bonds is 3. The molecule has 2 rings (SSSR count). The van der Waals surface area contributed by atoms with Gasteiger partial charge in [-0.05, 0) is 19.1 Å². The van der Waals surface area contributed by atoms with Crippen molar-refractivity contribution >= 4 is 11.0 Å². The molecule has 0 aliphatic carbocycles. The van der Waals surface area contributed by atoms with Gasteiger partial charge in [0.05, 0.1) is 6.54 Å². The van der Waals surface area contributed by atoms with Gasteiger partial charge in [-0.15, -0.1) is 0 Å². The minimum absolute atomic E-state index is 0. The van der Waals surface area contributed by atoms with Crippen LogP contribution in [-0.2, 0) is 13.1 Å². The van der Waals surface area contributed by atoms with Crippen LogP contribution in [0, 0.1) is 0 Å². The Morgan fingerprint density at radius 3 is 2.80 bits per heavy atom. The van der Waals surface area contributed by atoms with Gasteiger partial charge in [0.15, 0.2) is 11.0 Å². The Morgan fingerprint density at radius 1 is 1.40 bits per heavy atom. The fourth-order valence-electron chi connectivity index (χ4n) is 1.78. The lowest BCUT2D eigenvalue weighted by atomic mass is 10.3. The molecule has 0 atom stereocenters. The predicted molar refractivity (Wildman–Crippen MR) is 58.0 cm³/mol. The number of hydrogen-bond donors (Lipinski definition) is 0. The maximum absolute atomic E-state index is 3.77. The van der Waals surface area contributed by atoms with Gasteiger partial charge in [-0.25, -0.2) is 9.13 Å². The molecule has 0 bridgehead atoms. The van der Waals surface area contributed by atoms with E-state index in [1.165, 1.54) is 11.0 Å². The molecule has 0 spiro atoms. The van der Waals surface area contributed by atoms with E-state index in [4.69, 9.17) is 0 Å². The molecule has 0 radical (unpaired) electrons. The third-order valence-electron chi connectivity index (χ3n) is 2.45. The molecule has 1 heterocycles. The van der Waals surface area contributed by atoms with Gasteiger partial charge in [-0.2, -0.15) is 0 Å². The molecule has 1 aromatic carbocycles. The molecular weight excluding hydrogens is 252 g/mol. The Hall–Kier alpha value is -1.09. The summed E-state index contributed by atoms with van der Waals surface area (Å²) in [4.78, 5) is 0. The second-order valence-corrected chi connectivity index (χ2v) is 3.33. The lowest BCUT2D eigenvalue weighted by molar-refractivity contribution is -0.661. The van der Waals surface area contributed by atoms with Crippen molar-refractivity contribution in [2.45, 2.75) is 20.0 Å². The van der Waals surface area contributed by atoms with Crippen molar-refractivity contribution in [2.24, 2.45) is 0 Å². The first-order valence-corrected chi connectivity index (χ1v) is 4.95. The van der Waals surface area contributed by atoms with Crippen molar-refractivity contribution in [3.63, 3.8) is 0 Å². The van der Waals surface area contributed by atoms with Crippen LogP contribution in [0.3, 0.4) is 0 Å². The minimum Gasteiger partial charge on any atom is -1.00 e. The van der Waals surface area contributed by atoms with E-state index in [1.807, 2.05) is 6.08 Å². The van der Waals surface area contributed by atoms with E-state index in [-0.39, 0.29) is 17.0 Å². The zero-order valence-electron chi connectivity index (χ0n) is 8.86. The van der Waals surface area contributed by atoms with Gasteiger partial charge in [0.2, 0.25) is 6.33 Å². The van der Waals surface area contributed by atoms with E-state index in [0.717, 1.165) is 13.1 Å². The van der Waals surface area contributed by atoms with E-state index in [2.05, 4.69) is 53.2 Å². The van der Waals surface area contributed by atoms with Gasteiger partial charge in [-0.1, -0.05) is 24.8 Å². The van der Waals surface area contributed by atoms with Gasteiger partial charge in [0.1, 0.15) is 6.54 Å². The van der Waals surface area contributed by atoms with Crippen LogP contribution in [0.4, 0.5) is 0 Å². The number of fused-ring (bicyclic) bond motifs is 1. The summed E-state index contributed by atoms with van der Waals surface area (Å²) in [5, 5.41) is 0. The van der Waals surface area contributed by atoms with Crippen LogP contribution in [0.2, 0.25) is 0 Å². The van der Waals surface area contributed by atoms with Crippen molar-refractivity contribution in [1.82, 2.24) is 4.57 Å². The van der Waals surface area contributed by atoms with Gasteiger partial charge in [0.25, 0.3) is 0 Å². The lowest BCUT2D eigenvalue weighted by Gasteiger charge is -1.89. The number of nitrogens with zero attached hydrogens (tertiary/aromatic N) is 2. The molecule has 0 N–H and O–H groups in total. The molecule has 2 aromatic rings. The molecule has 15 heavy (non-hydrogen) atoms. The highest BCUT2D eigenvalue weighted by Crippen LogP contribution is 2.09. The Labute approximate surface area is 101 Å². The van der Waals surface area contributed by atoms with Crippen LogP contribution in [-0.4, -0.2) is 4.57 Å². The maximum Gasteiger partial charge on any atom is 0.244 e. The van der Waals surface area contributed by atoms with E-state index in [9.17, 15) is 0 Å². The molecule has 0 unspecified atom stereocenters. The van der Waals surface area contributed by atoms with E-state index in [0.29, 0.717) is 0 Å². The van der Waals surface area contributed by atoms with Crippen molar-refractivity contribution in [2.75, 3.05) is 0 Å². The third kappa shape index (κ3) is 2.12. The molecule has 0 saturated carbocycles. The van der Waals surface area contributed by atoms with Crippen molar-refractivity contribution < 1.29 is 21.5 Å². The summed E-state index contributed by atoms with van der Waals surface area (Å²) in [5.41, 5.74) is 2.56. The maximum atomic E-state index is 3.77. The molecule has 80 valence electrons. The van der Waals surface area contributed by atoms with Crippen molar-refractivity contribution in [3.8, 4) is 0 Å². The van der Waals surface area contributed by atoms with Gasteiger partial charge in [-0.3, -0.25) is 0 Å². The first-order chi connectivity index (χ1) is 6.86. The zero-order chi connectivity index (χ0) is 9.97. The smallest absolute Gasteiger partial charge is 0.244 e. The largest absolute Gasteiger partial charge is 1.00 e. The standard InChI is InChI=1S/C12H15N2.BrH/c1-3-9-14-10-13(4-2)11-7-5-6-8-12(11)14;/h3,5-8,10H,1,4,9H2,2H3;1H/q+1;/p-1. The summed E-state index contributed by atoms with van der Waals surface area (Å²) >= 11 is 0. The first kappa shape index (κ1) is 12.0. The van der Waals surface area contributed by atoms with Crippen molar-refractivity contribution in [1.29, 1.82) is 0 Å². The lowest BCUT2D eigenvalue weighted by Crippen LogP contribution is -3.00. The van der Waals surface area contributed by atoms with Crippen LogP contribution < -0.4 is 21.5 Å². The Balaban J connectivity index is 0.00000112. The fourth-order valence-corrected chi connectivity index (χ4v) is 1.78. The van der Waals surface area contributed by atoms with Crippen molar-refractivity contribution in [3.05, 3.63) is 43.2 Å². The quantitative estimate of drug-likeness (QED) is 0.505. The Kier molecular flexibility index (Phi) is 4.09. The summed E-state index contributed by atoms with van der Waals surface area (Å²) in [6.45, 7) is 7.80. The van der Waals surface area contributed by atoms with Gasteiger partial charge in [0, 0.05) is 0 Å². The number of allylic oxidation sites excluding steroid dienone is 1. The van der Waals surface area contributed by atoms with Crippen LogP contribution in [0.25, 0.3) is 11.0 Å². The fraction of sp³-hybridized carbons (Fsp3) is 0.250. The molecule has 0 saturated heterocycles. The van der Waals surface area contributed by atoms with Crippen LogP contribution in [0.5, 0.6) is 0 Å². The summed E-state index contributed by atoms with van der Waals surface area (Å²) in [6, 6.07) is 8.44. The van der Waals surface area contributed by atoms with Crippen LogP contribution >= 0.6 is 0 Å². The summed E-state index contributed by atoms with van der Waals surface area (Å²) < 4.78 is 4.46. The number of para-hydroxylation sites is 2. The second kappa shape index (κ2) is 5.12. The first-order valence-electron chi connectivity index (χ1n) is 4.95. The van der Waals surface area contributed by atoms with Gasteiger partial charge >= 0.3 is 0 Å². The SMILES string of the molecule is C=CC[n+]1cn(CC)c2ccccc21.[Br-]. The summed E-state index contributed by atoms with van der Waals surface area (Å²) in [5.74, 6) is 0. The molecule has 1 aromatic heterocycles. The molecule has 0 fully saturated rings.